The lowest BCUT2D eigenvalue weighted by Gasteiger charge is -2.08. The SMILES string of the molecule is Nc1nc(NCc2ccsc2)c(Cl)cc1Cl. The zero-order chi connectivity index (χ0) is 11.5. The van der Waals surface area contributed by atoms with Gasteiger partial charge < -0.3 is 11.1 Å². The van der Waals surface area contributed by atoms with Gasteiger partial charge in [0.05, 0.1) is 10.0 Å². The Morgan fingerprint density at radius 2 is 2.19 bits per heavy atom. The normalized spacial score (nSPS) is 10.4. The topological polar surface area (TPSA) is 50.9 Å². The van der Waals surface area contributed by atoms with Crippen LogP contribution in [0.2, 0.25) is 10.0 Å². The van der Waals surface area contributed by atoms with Crippen molar-refractivity contribution in [3.8, 4) is 0 Å². The molecule has 16 heavy (non-hydrogen) atoms. The largest absolute Gasteiger partial charge is 0.382 e. The smallest absolute Gasteiger partial charge is 0.147 e. The molecule has 0 bridgehead atoms. The molecule has 0 fully saturated rings. The second-order valence-corrected chi connectivity index (χ2v) is 4.77. The molecule has 0 aliphatic heterocycles. The molecule has 0 amide bonds. The molecule has 0 atom stereocenters. The summed E-state index contributed by atoms with van der Waals surface area (Å²) in [6, 6.07) is 3.62. The van der Waals surface area contributed by atoms with Crippen molar-refractivity contribution < 1.29 is 0 Å². The molecule has 0 aliphatic carbocycles. The van der Waals surface area contributed by atoms with E-state index in [4.69, 9.17) is 28.9 Å². The number of nitrogen functional groups attached to an aromatic ring is 1. The van der Waals surface area contributed by atoms with E-state index >= 15 is 0 Å². The molecule has 0 saturated heterocycles. The van der Waals surface area contributed by atoms with Gasteiger partial charge in [-0.15, -0.1) is 0 Å². The quantitative estimate of drug-likeness (QED) is 0.898. The van der Waals surface area contributed by atoms with Crippen LogP contribution in [0, 0.1) is 0 Å². The maximum Gasteiger partial charge on any atom is 0.147 e. The van der Waals surface area contributed by atoms with Gasteiger partial charge in [-0.1, -0.05) is 23.2 Å². The first-order valence-corrected chi connectivity index (χ1v) is 6.23. The predicted octanol–water partition coefficient (Wildman–Crippen LogP) is 3.64. The Morgan fingerprint density at radius 1 is 1.38 bits per heavy atom. The van der Waals surface area contributed by atoms with E-state index in [2.05, 4.69) is 15.7 Å². The third-order valence-electron chi connectivity index (χ3n) is 2.00. The summed E-state index contributed by atoms with van der Waals surface area (Å²) in [6.07, 6.45) is 0. The van der Waals surface area contributed by atoms with Crippen molar-refractivity contribution in [2.75, 3.05) is 11.1 Å². The Labute approximate surface area is 107 Å². The highest BCUT2D eigenvalue weighted by molar-refractivity contribution is 7.07. The average Bonchev–Trinajstić information content (AvgIpc) is 2.74. The van der Waals surface area contributed by atoms with Crippen LogP contribution in [0.5, 0.6) is 0 Å². The van der Waals surface area contributed by atoms with Gasteiger partial charge >= 0.3 is 0 Å². The highest BCUT2D eigenvalue weighted by atomic mass is 35.5. The molecule has 0 radical (unpaired) electrons. The van der Waals surface area contributed by atoms with E-state index in [1.165, 1.54) is 5.56 Å². The maximum atomic E-state index is 5.98. The van der Waals surface area contributed by atoms with E-state index in [1.807, 2.05) is 11.4 Å². The van der Waals surface area contributed by atoms with Crippen molar-refractivity contribution >= 4 is 46.2 Å². The third-order valence-corrected chi connectivity index (χ3v) is 3.32. The molecule has 0 saturated carbocycles. The van der Waals surface area contributed by atoms with E-state index < -0.39 is 0 Å². The molecule has 2 aromatic heterocycles. The van der Waals surface area contributed by atoms with Gasteiger partial charge in [-0.05, 0) is 28.5 Å². The van der Waals surface area contributed by atoms with E-state index in [0.29, 0.717) is 22.4 Å². The molecule has 0 unspecified atom stereocenters. The van der Waals surface area contributed by atoms with Crippen LogP contribution < -0.4 is 11.1 Å². The second-order valence-electron chi connectivity index (χ2n) is 3.17. The number of aromatic nitrogens is 1. The Morgan fingerprint density at radius 3 is 2.88 bits per heavy atom. The molecule has 0 spiro atoms. The molecular weight excluding hydrogens is 265 g/mol. The van der Waals surface area contributed by atoms with Crippen molar-refractivity contribution in [3.05, 3.63) is 38.5 Å². The molecule has 2 heterocycles. The molecule has 6 heteroatoms. The van der Waals surface area contributed by atoms with Crippen molar-refractivity contribution in [3.63, 3.8) is 0 Å². The van der Waals surface area contributed by atoms with Crippen LogP contribution in [0.4, 0.5) is 11.6 Å². The van der Waals surface area contributed by atoms with Crippen LogP contribution in [0.3, 0.4) is 0 Å². The Kier molecular flexibility index (Phi) is 3.53. The van der Waals surface area contributed by atoms with Gasteiger partial charge in [0.2, 0.25) is 0 Å². The summed E-state index contributed by atoms with van der Waals surface area (Å²) < 4.78 is 0. The zero-order valence-electron chi connectivity index (χ0n) is 8.21. The molecule has 2 aromatic rings. The first-order chi connectivity index (χ1) is 7.66. The van der Waals surface area contributed by atoms with Crippen LogP contribution in [0.1, 0.15) is 5.56 Å². The molecule has 0 aliphatic rings. The minimum Gasteiger partial charge on any atom is -0.382 e. The molecule has 2 rings (SSSR count). The van der Waals surface area contributed by atoms with E-state index in [1.54, 1.807) is 17.4 Å². The van der Waals surface area contributed by atoms with Gasteiger partial charge in [0, 0.05) is 6.54 Å². The summed E-state index contributed by atoms with van der Waals surface area (Å²) in [7, 11) is 0. The average molecular weight is 274 g/mol. The molecule has 0 aromatic carbocycles. The van der Waals surface area contributed by atoms with Gasteiger partial charge in [-0.2, -0.15) is 11.3 Å². The molecular formula is C10H9Cl2N3S. The highest BCUT2D eigenvalue weighted by Crippen LogP contribution is 2.27. The van der Waals surface area contributed by atoms with E-state index in [-0.39, 0.29) is 5.82 Å². The maximum absolute atomic E-state index is 5.98. The van der Waals surface area contributed by atoms with E-state index in [0.717, 1.165) is 0 Å². The molecule has 3 nitrogen and oxygen atoms in total. The third kappa shape index (κ3) is 2.58. The second kappa shape index (κ2) is 4.91. The van der Waals surface area contributed by atoms with Gasteiger partial charge in [0.1, 0.15) is 11.6 Å². The number of rotatable bonds is 3. The lowest BCUT2D eigenvalue weighted by molar-refractivity contribution is 1.12. The fourth-order valence-electron chi connectivity index (χ4n) is 1.18. The number of pyridine rings is 1. The van der Waals surface area contributed by atoms with Crippen molar-refractivity contribution in [2.45, 2.75) is 6.54 Å². The van der Waals surface area contributed by atoms with Crippen LogP contribution >= 0.6 is 34.5 Å². The minimum absolute atomic E-state index is 0.277. The van der Waals surface area contributed by atoms with Gasteiger partial charge in [0.15, 0.2) is 0 Å². The predicted molar refractivity (Wildman–Crippen MR) is 70.3 cm³/mol. The zero-order valence-corrected chi connectivity index (χ0v) is 10.5. The number of anilines is 2. The summed E-state index contributed by atoms with van der Waals surface area (Å²) in [5, 5.41) is 8.01. The Bertz CT molecular complexity index is 485. The number of halogens is 2. The van der Waals surface area contributed by atoms with Crippen LogP contribution in [-0.4, -0.2) is 4.98 Å². The first kappa shape index (κ1) is 11.5. The monoisotopic (exact) mass is 273 g/mol. The van der Waals surface area contributed by atoms with Gasteiger partial charge in [-0.3, -0.25) is 0 Å². The summed E-state index contributed by atoms with van der Waals surface area (Å²) >= 11 is 13.4. The highest BCUT2D eigenvalue weighted by Gasteiger charge is 2.06. The number of nitrogens with one attached hydrogen (secondary N) is 1. The Hall–Kier alpha value is -0.970. The summed E-state index contributed by atoms with van der Waals surface area (Å²) in [5.41, 5.74) is 6.78. The minimum atomic E-state index is 0.277. The summed E-state index contributed by atoms with van der Waals surface area (Å²) in [5.74, 6) is 0.827. The summed E-state index contributed by atoms with van der Waals surface area (Å²) in [6.45, 7) is 0.664. The Balaban J connectivity index is 2.12. The first-order valence-electron chi connectivity index (χ1n) is 4.53. The van der Waals surface area contributed by atoms with Crippen LogP contribution in [-0.2, 0) is 6.54 Å². The van der Waals surface area contributed by atoms with Crippen LogP contribution in [0.15, 0.2) is 22.9 Å². The van der Waals surface area contributed by atoms with Crippen LogP contribution in [0.25, 0.3) is 0 Å². The van der Waals surface area contributed by atoms with Gasteiger partial charge in [0.25, 0.3) is 0 Å². The lowest BCUT2D eigenvalue weighted by Crippen LogP contribution is -2.03. The summed E-state index contributed by atoms with van der Waals surface area (Å²) in [4.78, 5) is 4.08. The van der Waals surface area contributed by atoms with Crippen molar-refractivity contribution in [2.24, 2.45) is 0 Å². The van der Waals surface area contributed by atoms with E-state index in [9.17, 15) is 0 Å². The lowest BCUT2D eigenvalue weighted by atomic mass is 10.3. The number of hydrogen-bond acceptors (Lipinski definition) is 4. The standard InChI is InChI=1S/C10H9Cl2N3S/c11-7-3-8(12)10(15-9(7)13)14-4-6-1-2-16-5-6/h1-3,5H,4H2,(H3,13,14,15). The van der Waals surface area contributed by atoms with Crippen molar-refractivity contribution in [1.29, 1.82) is 0 Å². The molecule has 84 valence electrons. The fraction of sp³-hybridized carbons (Fsp3) is 0.100. The van der Waals surface area contributed by atoms with Crippen molar-refractivity contribution in [1.82, 2.24) is 4.98 Å². The van der Waals surface area contributed by atoms with Gasteiger partial charge in [-0.25, -0.2) is 4.98 Å². The number of nitrogens with two attached hydrogens (primary N) is 1. The number of nitrogens with zero attached hydrogens (tertiary/aromatic N) is 1. The molecule has 3 N–H and O–H groups in total. The fourth-order valence-corrected chi connectivity index (χ4v) is 2.28. The number of thiophene rings is 1. The number of hydrogen-bond donors (Lipinski definition) is 2.